The van der Waals surface area contributed by atoms with Crippen molar-refractivity contribution >= 4 is 5.52 Å². The Bertz CT molecular complexity index is 403. The molecule has 2 aromatic heterocycles. The molecule has 3 nitrogen and oxygen atoms in total. The number of hydrogen-bond acceptors (Lipinski definition) is 2. The lowest BCUT2D eigenvalue weighted by Gasteiger charge is -1.98. The normalized spacial score (nSPS) is 10.8. The van der Waals surface area contributed by atoms with Crippen LogP contribution in [-0.2, 0) is 6.54 Å². The fraction of sp³-hybridized carbons (Fsp3) is 0.222. The highest BCUT2D eigenvalue weighted by Gasteiger charge is 1.99. The van der Waals surface area contributed by atoms with Gasteiger partial charge in [0.25, 0.3) is 0 Å². The van der Waals surface area contributed by atoms with Gasteiger partial charge in [0.15, 0.2) is 0 Å². The van der Waals surface area contributed by atoms with Crippen LogP contribution in [0.5, 0.6) is 0 Å². The lowest BCUT2D eigenvalue weighted by molar-refractivity contribution is 0.902. The molecular weight excluding hydrogens is 150 g/mol. The Labute approximate surface area is 70.8 Å². The van der Waals surface area contributed by atoms with E-state index in [0.717, 1.165) is 11.3 Å². The number of pyridine rings is 1. The van der Waals surface area contributed by atoms with Crippen LogP contribution in [0, 0.1) is 6.92 Å². The van der Waals surface area contributed by atoms with E-state index < -0.39 is 0 Å². The first-order valence-electron chi connectivity index (χ1n) is 3.94. The Morgan fingerprint density at radius 1 is 1.58 bits per heavy atom. The SMILES string of the molecule is Cc1ccn2c(CN)ncc2c1. The maximum Gasteiger partial charge on any atom is 0.127 e. The smallest absolute Gasteiger partial charge is 0.127 e. The summed E-state index contributed by atoms with van der Waals surface area (Å²) in [6, 6.07) is 4.14. The van der Waals surface area contributed by atoms with Gasteiger partial charge in [-0.05, 0) is 24.6 Å². The maximum atomic E-state index is 5.52. The van der Waals surface area contributed by atoms with E-state index in [9.17, 15) is 0 Å². The van der Waals surface area contributed by atoms with E-state index in [4.69, 9.17) is 5.73 Å². The first-order valence-corrected chi connectivity index (χ1v) is 3.94. The number of nitrogens with zero attached hydrogens (tertiary/aromatic N) is 2. The van der Waals surface area contributed by atoms with Crippen molar-refractivity contribution in [3.63, 3.8) is 0 Å². The lowest BCUT2D eigenvalue weighted by Crippen LogP contribution is -2.02. The Kier molecular flexibility index (Phi) is 1.59. The standard InChI is InChI=1S/C9H11N3/c1-7-2-3-12-8(4-7)6-11-9(12)5-10/h2-4,6H,5,10H2,1H3. The van der Waals surface area contributed by atoms with E-state index in [2.05, 4.69) is 18.0 Å². The van der Waals surface area contributed by atoms with E-state index in [1.807, 2.05) is 22.9 Å². The highest BCUT2D eigenvalue weighted by atomic mass is 15.0. The Hall–Kier alpha value is -1.35. The second-order valence-corrected chi connectivity index (χ2v) is 2.88. The monoisotopic (exact) mass is 161 g/mol. The van der Waals surface area contributed by atoms with Gasteiger partial charge in [-0.3, -0.25) is 0 Å². The van der Waals surface area contributed by atoms with E-state index in [-0.39, 0.29) is 0 Å². The summed E-state index contributed by atoms with van der Waals surface area (Å²) in [5.41, 5.74) is 7.86. The third-order valence-electron chi connectivity index (χ3n) is 1.95. The topological polar surface area (TPSA) is 43.3 Å². The summed E-state index contributed by atoms with van der Waals surface area (Å²) in [4.78, 5) is 4.19. The summed E-state index contributed by atoms with van der Waals surface area (Å²) < 4.78 is 2.01. The number of fused-ring (bicyclic) bond motifs is 1. The Morgan fingerprint density at radius 3 is 3.17 bits per heavy atom. The molecule has 0 amide bonds. The van der Waals surface area contributed by atoms with Crippen LogP contribution < -0.4 is 5.73 Å². The highest BCUT2D eigenvalue weighted by Crippen LogP contribution is 2.08. The molecule has 0 fully saturated rings. The minimum absolute atomic E-state index is 0.483. The van der Waals surface area contributed by atoms with Crippen molar-refractivity contribution in [1.82, 2.24) is 9.38 Å². The fourth-order valence-electron chi connectivity index (χ4n) is 1.32. The Morgan fingerprint density at radius 2 is 2.42 bits per heavy atom. The first-order chi connectivity index (χ1) is 5.81. The van der Waals surface area contributed by atoms with Crippen LogP contribution in [0.1, 0.15) is 11.4 Å². The summed E-state index contributed by atoms with van der Waals surface area (Å²) in [6.45, 7) is 2.55. The molecule has 0 spiro atoms. The average molecular weight is 161 g/mol. The molecule has 2 N–H and O–H groups in total. The van der Waals surface area contributed by atoms with E-state index >= 15 is 0 Å². The van der Waals surface area contributed by atoms with Crippen molar-refractivity contribution < 1.29 is 0 Å². The Balaban J connectivity index is 2.73. The fourth-order valence-corrected chi connectivity index (χ4v) is 1.32. The summed E-state index contributed by atoms with van der Waals surface area (Å²) in [5.74, 6) is 0.907. The molecule has 0 aliphatic rings. The maximum absolute atomic E-state index is 5.52. The van der Waals surface area contributed by atoms with Gasteiger partial charge in [0.2, 0.25) is 0 Å². The van der Waals surface area contributed by atoms with Gasteiger partial charge in [0.1, 0.15) is 5.82 Å². The summed E-state index contributed by atoms with van der Waals surface area (Å²) >= 11 is 0. The molecule has 3 heteroatoms. The van der Waals surface area contributed by atoms with Crippen molar-refractivity contribution in [3.05, 3.63) is 35.9 Å². The van der Waals surface area contributed by atoms with Crippen LogP contribution in [0.15, 0.2) is 24.5 Å². The molecule has 0 saturated heterocycles. The molecule has 0 bridgehead atoms. The summed E-state index contributed by atoms with van der Waals surface area (Å²) in [7, 11) is 0. The molecule has 2 heterocycles. The van der Waals surface area contributed by atoms with Crippen LogP contribution in [0.2, 0.25) is 0 Å². The first kappa shape index (κ1) is 7.31. The van der Waals surface area contributed by atoms with Crippen LogP contribution >= 0.6 is 0 Å². The minimum atomic E-state index is 0.483. The van der Waals surface area contributed by atoms with Crippen LogP contribution in [0.4, 0.5) is 0 Å². The third-order valence-corrected chi connectivity index (χ3v) is 1.95. The molecule has 0 unspecified atom stereocenters. The van der Waals surface area contributed by atoms with Gasteiger partial charge in [-0.1, -0.05) is 0 Å². The molecule has 0 aliphatic heterocycles. The zero-order chi connectivity index (χ0) is 8.55. The number of hydrogen-bond donors (Lipinski definition) is 1. The van der Waals surface area contributed by atoms with Crippen molar-refractivity contribution in [2.24, 2.45) is 5.73 Å². The molecule has 0 atom stereocenters. The second-order valence-electron chi connectivity index (χ2n) is 2.88. The van der Waals surface area contributed by atoms with E-state index in [0.29, 0.717) is 6.54 Å². The second kappa shape index (κ2) is 2.60. The van der Waals surface area contributed by atoms with E-state index in [1.165, 1.54) is 5.56 Å². The summed E-state index contributed by atoms with van der Waals surface area (Å²) in [5, 5.41) is 0. The predicted molar refractivity (Wildman–Crippen MR) is 47.8 cm³/mol. The largest absolute Gasteiger partial charge is 0.324 e. The van der Waals surface area contributed by atoms with Crippen LogP contribution in [0.25, 0.3) is 5.52 Å². The molecule has 0 aliphatic carbocycles. The molecule has 12 heavy (non-hydrogen) atoms. The van der Waals surface area contributed by atoms with Gasteiger partial charge in [-0.2, -0.15) is 0 Å². The zero-order valence-corrected chi connectivity index (χ0v) is 6.99. The zero-order valence-electron chi connectivity index (χ0n) is 6.99. The van der Waals surface area contributed by atoms with Crippen LogP contribution in [-0.4, -0.2) is 9.38 Å². The van der Waals surface area contributed by atoms with Crippen molar-refractivity contribution in [1.29, 1.82) is 0 Å². The van der Waals surface area contributed by atoms with Crippen LogP contribution in [0.3, 0.4) is 0 Å². The van der Waals surface area contributed by atoms with Gasteiger partial charge in [-0.15, -0.1) is 0 Å². The molecule has 0 radical (unpaired) electrons. The van der Waals surface area contributed by atoms with Gasteiger partial charge in [-0.25, -0.2) is 4.98 Å². The quantitative estimate of drug-likeness (QED) is 0.680. The van der Waals surface area contributed by atoms with Crippen molar-refractivity contribution in [2.75, 3.05) is 0 Å². The van der Waals surface area contributed by atoms with E-state index in [1.54, 1.807) is 0 Å². The minimum Gasteiger partial charge on any atom is -0.324 e. The number of nitrogens with two attached hydrogens (primary N) is 1. The average Bonchev–Trinajstić information content (AvgIpc) is 2.46. The molecule has 0 saturated carbocycles. The number of aromatic nitrogens is 2. The molecule has 62 valence electrons. The molecule has 2 rings (SSSR count). The molecule has 0 aromatic carbocycles. The number of imidazole rings is 1. The number of rotatable bonds is 1. The predicted octanol–water partition coefficient (Wildman–Crippen LogP) is 1.10. The van der Waals surface area contributed by atoms with Crippen molar-refractivity contribution in [2.45, 2.75) is 13.5 Å². The van der Waals surface area contributed by atoms with Gasteiger partial charge in [0.05, 0.1) is 18.3 Å². The third kappa shape index (κ3) is 0.987. The highest BCUT2D eigenvalue weighted by molar-refractivity contribution is 5.47. The van der Waals surface area contributed by atoms with Gasteiger partial charge < -0.3 is 10.1 Å². The van der Waals surface area contributed by atoms with Crippen molar-refractivity contribution in [3.8, 4) is 0 Å². The number of aryl methyl sites for hydroxylation is 1. The van der Waals surface area contributed by atoms with Gasteiger partial charge in [0, 0.05) is 6.20 Å². The molecular formula is C9H11N3. The molecule has 2 aromatic rings. The van der Waals surface area contributed by atoms with Gasteiger partial charge >= 0.3 is 0 Å². The lowest BCUT2D eigenvalue weighted by atomic mass is 10.3. The summed E-state index contributed by atoms with van der Waals surface area (Å²) in [6.07, 6.45) is 3.84.